The fourth-order valence-corrected chi connectivity index (χ4v) is 2.14. The summed E-state index contributed by atoms with van der Waals surface area (Å²) < 4.78 is 10.5. The van der Waals surface area contributed by atoms with Crippen molar-refractivity contribution in [3.05, 3.63) is 23.2 Å². The summed E-state index contributed by atoms with van der Waals surface area (Å²) in [5, 5.41) is 3.33. The molecule has 1 amide bonds. The van der Waals surface area contributed by atoms with Crippen molar-refractivity contribution in [3.63, 3.8) is 0 Å². The number of ether oxygens (including phenoxy) is 2. The van der Waals surface area contributed by atoms with Gasteiger partial charge in [0.15, 0.2) is 0 Å². The topological polar surface area (TPSA) is 73.6 Å². The van der Waals surface area contributed by atoms with Crippen LogP contribution in [0.1, 0.15) is 6.92 Å². The van der Waals surface area contributed by atoms with E-state index in [9.17, 15) is 4.79 Å². The van der Waals surface area contributed by atoms with Crippen molar-refractivity contribution >= 4 is 23.2 Å². The number of anilines is 1. The molecule has 1 aliphatic heterocycles. The first kappa shape index (κ1) is 14.1. The second-order valence-electron chi connectivity index (χ2n) is 4.84. The Balaban J connectivity index is 2.21. The van der Waals surface area contributed by atoms with Gasteiger partial charge in [0.1, 0.15) is 5.75 Å². The summed E-state index contributed by atoms with van der Waals surface area (Å²) in [6.45, 7) is 2.48. The number of nitrogens with one attached hydrogen (secondary N) is 1. The van der Waals surface area contributed by atoms with Crippen LogP contribution in [0.3, 0.4) is 0 Å². The van der Waals surface area contributed by atoms with E-state index >= 15 is 0 Å². The maximum Gasteiger partial charge on any atom is 0.234 e. The number of carbonyl (C=O) groups is 1. The summed E-state index contributed by atoms with van der Waals surface area (Å²) >= 11 is 5.92. The quantitative estimate of drug-likeness (QED) is 0.885. The van der Waals surface area contributed by atoms with Crippen LogP contribution in [0.2, 0.25) is 5.02 Å². The number of methoxy groups -OCH3 is 1. The van der Waals surface area contributed by atoms with E-state index < -0.39 is 5.41 Å². The molecular weight excluding hydrogens is 268 g/mol. The lowest BCUT2D eigenvalue weighted by molar-refractivity contribution is -0.125. The molecule has 104 valence electrons. The zero-order valence-electron chi connectivity index (χ0n) is 10.9. The standard InChI is InChI=1S/C13H17ClN2O3/c1-13(7-19-6-11(13)15)12(17)16-9-5-8(14)3-4-10(9)18-2/h3-5,11H,6-7,15H2,1-2H3,(H,16,17). The van der Waals surface area contributed by atoms with Gasteiger partial charge in [-0.1, -0.05) is 11.6 Å². The van der Waals surface area contributed by atoms with Gasteiger partial charge in [-0.3, -0.25) is 4.79 Å². The second-order valence-corrected chi connectivity index (χ2v) is 5.27. The summed E-state index contributed by atoms with van der Waals surface area (Å²) in [5.41, 5.74) is 5.71. The van der Waals surface area contributed by atoms with Crippen LogP contribution < -0.4 is 15.8 Å². The average Bonchev–Trinajstić information content (AvgIpc) is 2.71. The molecule has 0 bridgehead atoms. The number of rotatable bonds is 3. The third-order valence-electron chi connectivity index (χ3n) is 3.45. The van der Waals surface area contributed by atoms with Gasteiger partial charge in [-0.25, -0.2) is 0 Å². The van der Waals surface area contributed by atoms with E-state index in [4.69, 9.17) is 26.8 Å². The van der Waals surface area contributed by atoms with Crippen molar-refractivity contribution < 1.29 is 14.3 Å². The summed E-state index contributed by atoms with van der Waals surface area (Å²) in [7, 11) is 1.53. The molecule has 0 aliphatic carbocycles. The Kier molecular flexibility index (Phi) is 3.99. The molecule has 0 spiro atoms. The highest BCUT2D eigenvalue weighted by atomic mass is 35.5. The lowest BCUT2D eigenvalue weighted by Crippen LogP contribution is -2.47. The van der Waals surface area contributed by atoms with E-state index in [1.807, 2.05) is 0 Å². The molecule has 1 aliphatic rings. The van der Waals surface area contributed by atoms with Crippen molar-refractivity contribution in [3.8, 4) is 5.75 Å². The van der Waals surface area contributed by atoms with Crippen molar-refractivity contribution in [2.24, 2.45) is 11.1 Å². The number of benzene rings is 1. The first-order valence-electron chi connectivity index (χ1n) is 5.95. The highest BCUT2D eigenvalue weighted by molar-refractivity contribution is 6.31. The maximum atomic E-state index is 12.4. The van der Waals surface area contributed by atoms with Crippen LogP contribution in [-0.4, -0.2) is 32.3 Å². The Bertz CT molecular complexity index is 495. The van der Waals surface area contributed by atoms with Gasteiger partial charge in [0.2, 0.25) is 5.91 Å². The van der Waals surface area contributed by atoms with Crippen LogP contribution in [0.25, 0.3) is 0 Å². The van der Waals surface area contributed by atoms with Gasteiger partial charge in [-0.15, -0.1) is 0 Å². The number of nitrogens with two attached hydrogens (primary N) is 1. The largest absolute Gasteiger partial charge is 0.495 e. The Hall–Kier alpha value is -1.30. The minimum atomic E-state index is -0.743. The predicted molar refractivity (Wildman–Crippen MR) is 73.5 cm³/mol. The highest BCUT2D eigenvalue weighted by Crippen LogP contribution is 2.32. The third kappa shape index (κ3) is 2.68. The van der Waals surface area contributed by atoms with Crippen molar-refractivity contribution in [2.45, 2.75) is 13.0 Å². The normalized spacial score (nSPS) is 26.2. The Morgan fingerprint density at radius 1 is 1.63 bits per heavy atom. The van der Waals surface area contributed by atoms with Gasteiger partial charge in [-0.2, -0.15) is 0 Å². The van der Waals surface area contributed by atoms with Crippen molar-refractivity contribution in [2.75, 3.05) is 25.6 Å². The van der Waals surface area contributed by atoms with Crippen LogP contribution in [-0.2, 0) is 9.53 Å². The zero-order chi connectivity index (χ0) is 14.0. The molecule has 1 fully saturated rings. The van der Waals surface area contributed by atoms with Gasteiger partial charge in [0.25, 0.3) is 0 Å². The SMILES string of the molecule is COc1ccc(Cl)cc1NC(=O)C1(C)COCC1N. The molecule has 6 heteroatoms. The first-order chi connectivity index (χ1) is 8.97. The van der Waals surface area contributed by atoms with Crippen LogP contribution in [0, 0.1) is 5.41 Å². The number of halogens is 1. The fourth-order valence-electron chi connectivity index (χ4n) is 1.97. The molecule has 1 saturated heterocycles. The van der Waals surface area contributed by atoms with E-state index in [2.05, 4.69) is 5.32 Å². The minimum Gasteiger partial charge on any atom is -0.495 e. The van der Waals surface area contributed by atoms with Crippen molar-refractivity contribution in [1.29, 1.82) is 0 Å². The molecule has 5 nitrogen and oxygen atoms in total. The van der Waals surface area contributed by atoms with E-state index in [1.165, 1.54) is 7.11 Å². The van der Waals surface area contributed by atoms with Gasteiger partial charge in [0, 0.05) is 11.1 Å². The molecule has 0 saturated carbocycles. The van der Waals surface area contributed by atoms with Crippen LogP contribution in [0.15, 0.2) is 18.2 Å². The minimum absolute atomic E-state index is 0.196. The van der Waals surface area contributed by atoms with Gasteiger partial charge < -0.3 is 20.5 Å². The molecule has 3 N–H and O–H groups in total. The highest BCUT2D eigenvalue weighted by Gasteiger charge is 2.44. The molecule has 1 aromatic rings. The Morgan fingerprint density at radius 3 is 2.95 bits per heavy atom. The summed E-state index contributed by atoms with van der Waals surface area (Å²) in [6.07, 6.45) is 0. The average molecular weight is 285 g/mol. The monoisotopic (exact) mass is 284 g/mol. The molecule has 1 aromatic carbocycles. The molecule has 0 aromatic heterocycles. The molecule has 2 atom stereocenters. The maximum absolute atomic E-state index is 12.4. The van der Waals surface area contributed by atoms with E-state index in [-0.39, 0.29) is 11.9 Å². The molecule has 1 heterocycles. The smallest absolute Gasteiger partial charge is 0.234 e. The van der Waals surface area contributed by atoms with Crippen LogP contribution in [0.4, 0.5) is 5.69 Å². The van der Waals surface area contributed by atoms with Gasteiger partial charge in [-0.05, 0) is 25.1 Å². The third-order valence-corrected chi connectivity index (χ3v) is 3.68. The summed E-state index contributed by atoms with van der Waals surface area (Å²) in [5.74, 6) is 0.354. The lowest BCUT2D eigenvalue weighted by atomic mass is 9.85. The number of hydrogen-bond donors (Lipinski definition) is 2. The molecule has 2 rings (SSSR count). The number of carbonyl (C=O) groups excluding carboxylic acids is 1. The van der Waals surface area contributed by atoms with Crippen LogP contribution >= 0.6 is 11.6 Å². The Morgan fingerprint density at radius 2 is 2.37 bits per heavy atom. The van der Waals surface area contributed by atoms with Gasteiger partial charge >= 0.3 is 0 Å². The molecule has 2 unspecified atom stereocenters. The van der Waals surface area contributed by atoms with E-state index in [1.54, 1.807) is 25.1 Å². The van der Waals surface area contributed by atoms with E-state index in [0.29, 0.717) is 29.7 Å². The molecule has 19 heavy (non-hydrogen) atoms. The number of hydrogen-bond acceptors (Lipinski definition) is 4. The Labute approximate surface area is 117 Å². The summed E-state index contributed by atoms with van der Waals surface area (Å²) in [6, 6.07) is 4.72. The predicted octanol–water partition coefficient (Wildman–Crippen LogP) is 1.65. The first-order valence-corrected chi connectivity index (χ1v) is 6.33. The second kappa shape index (κ2) is 5.36. The zero-order valence-corrected chi connectivity index (χ0v) is 11.7. The van der Waals surface area contributed by atoms with Crippen molar-refractivity contribution in [1.82, 2.24) is 0 Å². The summed E-state index contributed by atoms with van der Waals surface area (Å²) in [4.78, 5) is 12.4. The fraction of sp³-hybridized carbons (Fsp3) is 0.462. The van der Waals surface area contributed by atoms with E-state index in [0.717, 1.165) is 0 Å². The molecule has 0 radical (unpaired) electrons. The molecular formula is C13H17ClN2O3. The van der Waals surface area contributed by atoms with Gasteiger partial charge in [0.05, 0.1) is 31.4 Å². The number of amides is 1. The van der Waals surface area contributed by atoms with Crippen LogP contribution in [0.5, 0.6) is 5.75 Å². The lowest BCUT2D eigenvalue weighted by Gasteiger charge is -2.25.